The second-order valence-electron chi connectivity index (χ2n) is 7.88. The minimum atomic E-state index is 0.0115. The number of fused-ring (bicyclic) bond motifs is 2. The average Bonchev–Trinajstić information content (AvgIpc) is 3.27. The van der Waals surface area contributed by atoms with Crippen LogP contribution in [0.25, 0.3) is 27.9 Å². The van der Waals surface area contributed by atoms with Crippen LogP contribution in [0.4, 0.5) is 0 Å². The van der Waals surface area contributed by atoms with Crippen LogP contribution < -0.4 is 5.32 Å². The maximum absolute atomic E-state index is 13.2. The number of aromatic nitrogens is 3. The van der Waals surface area contributed by atoms with Crippen molar-refractivity contribution in [3.63, 3.8) is 0 Å². The average molecular weight is 389 g/mol. The number of aryl methyl sites for hydroxylation is 1. The molecule has 4 heterocycles. The van der Waals surface area contributed by atoms with Gasteiger partial charge in [-0.05, 0) is 49.2 Å². The van der Waals surface area contributed by atoms with Crippen molar-refractivity contribution < 1.29 is 9.21 Å². The SMILES string of the molecule is Cc1nc2cc(-c3ccc4ncc(C(=O)N5CC(C)NC(C)C5)n4c3)ccc2o1. The van der Waals surface area contributed by atoms with Gasteiger partial charge in [-0.2, -0.15) is 0 Å². The molecule has 1 amide bonds. The van der Waals surface area contributed by atoms with Crippen LogP contribution in [0, 0.1) is 6.92 Å². The summed E-state index contributed by atoms with van der Waals surface area (Å²) < 4.78 is 7.45. The highest BCUT2D eigenvalue weighted by molar-refractivity contribution is 5.93. The van der Waals surface area contributed by atoms with Crippen molar-refractivity contribution in [2.45, 2.75) is 32.9 Å². The minimum Gasteiger partial charge on any atom is -0.441 e. The smallest absolute Gasteiger partial charge is 0.272 e. The van der Waals surface area contributed by atoms with Crippen molar-refractivity contribution in [3.8, 4) is 11.1 Å². The summed E-state index contributed by atoms with van der Waals surface area (Å²) in [6, 6.07) is 10.4. The number of oxazole rings is 1. The molecule has 5 rings (SSSR count). The molecule has 2 atom stereocenters. The van der Waals surface area contributed by atoms with E-state index in [4.69, 9.17) is 4.42 Å². The highest BCUT2D eigenvalue weighted by Crippen LogP contribution is 2.26. The summed E-state index contributed by atoms with van der Waals surface area (Å²) in [5.74, 6) is 0.659. The molecule has 1 fully saturated rings. The molecule has 148 valence electrons. The van der Waals surface area contributed by atoms with Gasteiger partial charge >= 0.3 is 0 Å². The van der Waals surface area contributed by atoms with Gasteiger partial charge in [0.05, 0.1) is 6.20 Å². The van der Waals surface area contributed by atoms with Gasteiger partial charge in [0.25, 0.3) is 5.91 Å². The molecule has 7 heteroatoms. The summed E-state index contributed by atoms with van der Waals surface area (Å²) in [4.78, 5) is 24.0. The minimum absolute atomic E-state index is 0.0115. The third-order valence-electron chi connectivity index (χ3n) is 5.40. The van der Waals surface area contributed by atoms with Gasteiger partial charge in [-0.25, -0.2) is 9.97 Å². The molecule has 1 aromatic carbocycles. The second-order valence-corrected chi connectivity index (χ2v) is 7.88. The lowest BCUT2D eigenvalue weighted by molar-refractivity contribution is 0.0667. The van der Waals surface area contributed by atoms with Gasteiger partial charge in [0, 0.05) is 38.3 Å². The van der Waals surface area contributed by atoms with Gasteiger partial charge in [0.1, 0.15) is 16.9 Å². The molecule has 0 radical (unpaired) electrons. The third-order valence-corrected chi connectivity index (χ3v) is 5.40. The molecule has 3 aromatic heterocycles. The number of piperazine rings is 1. The van der Waals surface area contributed by atoms with Crippen LogP contribution in [-0.2, 0) is 0 Å². The van der Waals surface area contributed by atoms with Crippen LogP contribution in [-0.4, -0.2) is 50.3 Å². The van der Waals surface area contributed by atoms with Gasteiger partial charge in [-0.3, -0.25) is 9.20 Å². The summed E-state index contributed by atoms with van der Waals surface area (Å²) in [6.07, 6.45) is 3.64. The maximum atomic E-state index is 13.2. The number of nitrogens with zero attached hydrogens (tertiary/aromatic N) is 4. The summed E-state index contributed by atoms with van der Waals surface area (Å²) in [5, 5.41) is 3.46. The first-order valence-corrected chi connectivity index (χ1v) is 9.88. The Bertz CT molecular complexity index is 1210. The number of benzene rings is 1. The molecular weight excluding hydrogens is 366 g/mol. The Morgan fingerprint density at radius 1 is 1.14 bits per heavy atom. The van der Waals surface area contributed by atoms with Crippen LogP contribution in [0.5, 0.6) is 0 Å². The standard InChI is InChI=1S/C22H23N5O2/c1-13-10-26(11-14(2)24-13)22(28)19-9-23-21-7-5-17(12-27(19)21)16-4-6-20-18(8-16)25-15(3)29-20/h4-9,12-14,24H,10-11H2,1-3H3. The van der Waals surface area contributed by atoms with Gasteiger partial charge in [-0.15, -0.1) is 0 Å². The number of rotatable bonds is 2. The van der Waals surface area contributed by atoms with E-state index in [-0.39, 0.29) is 18.0 Å². The predicted octanol–water partition coefficient (Wildman–Crippen LogP) is 3.27. The van der Waals surface area contributed by atoms with Gasteiger partial charge < -0.3 is 14.6 Å². The van der Waals surface area contributed by atoms with Crippen molar-refractivity contribution in [3.05, 3.63) is 54.3 Å². The lowest BCUT2D eigenvalue weighted by atomic mass is 10.1. The van der Waals surface area contributed by atoms with Crippen molar-refractivity contribution in [1.29, 1.82) is 0 Å². The zero-order chi connectivity index (χ0) is 20.1. The number of carbonyl (C=O) groups excluding carboxylic acids is 1. The number of amides is 1. The Labute approximate surface area is 168 Å². The van der Waals surface area contributed by atoms with Crippen molar-refractivity contribution >= 4 is 22.7 Å². The monoisotopic (exact) mass is 389 g/mol. The molecule has 0 bridgehead atoms. The Morgan fingerprint density at radius 2 is 1.90 bits per heavy atom. The van der Waals surface area contributed by atoms with E-state index in [0.717, 1.165) is 27.9 Å². The van der Waals surface area contributed by atoms with E-state index in [9.17, 15) is 4.79 Å². The van der Waals surface area contributed by atoms with Gasteiger partial charge in [0.2, 0.25) is 0 Å². The Kier molecular flexibility index (Phi) is 4.13. The number of pyridine rings is 1. The molecule has 1 saturated heterocycles. The normalized spacial score (nSPS) is 19.9. The number of hydrogen-bond acceptors (Lipinski definition) is 5. The highest BCUT2D eigenvalue weighted by atomic mass is 16.3. The quantitative estimate of drug-likeness (QED) is 0.569. The first-order valence-electron chi connectivity index (χ1n) is 9.88. The number of hydrogen-bond donors (Lipinski definition) is 1. The number of imidazole rings is 1. The molecule has 1 N–H and O–H groups in total. The molecule has 0 saturated carbocycles. The lowest BCUT2D eigenvalue weighted by Gasteiger charge is -2.36. The van der Waals surface area contributed by atoms with E-state index in [1.807, 2.05) is 52.8 Å². The van der Waals surface area contributed by atoms with E-state index >= 15 is 0 Å². The lowest BCUT2D eigenvalue weighted by Crippen LogP contribution is -2.56. The van der Waals surface area contributed by atoms with Crippen molar-refractivity contribution in [2.24, 2.45) is 0 Å². The molecule has 1 aliphatic heterocycles. The zero-order valence-corrected chi connectivity index (χ0v) is 16.7. The second kappa shape index (κ2) is 6.70. The first kappa shape index (κ1) is 17.9. The van der Waals surface area contributed by atoms with E-state index in [1.54, 1.807) is 6.20 Å². The first-order chi connectivity index (χ1) is 14.0. The largest absolute Gasteiger partial charge is 0.441 e. The molecule has 0 spiro atoms. The summed E-state index contributed by atoms with van der Waals surface area (Å²) in [7, 11) is 0. The fourth-order valence-corrected chi connectivity index (χ4v) is 4.19. The fourth-order valence-electron chi connectivity index (χ4n) is 4.19. The topological polar surface area (TPSA) is 75.7 Å². The van der Waals surface area contributed by atoms with Crippen LogP contribution in [0.15, 0.2) is 47.1 Å². The molecular formula is C22H23N5O2. The molecule has 2 unspecified atom stereocenters. The predicted molar refractivity (Wildman–Crippen MR) is 111 cm³/mol. The Balaban J connectivity index is 1.53. The summed E-state index contributed by atoms with van der Waals surface area (Å²) >= 11 is 0. The zero-order valence-electron chi connectivity index (χ0n) is 16.7. The molecule has 7 nitrogen and oxygen atoms in total. The van der Waals surface area contributed by atoms with E-state index < -0.39 is 0 Å². The van der Waals surface area contributed by atoms with E-state index in [2.05, 4.69) is 29.1 Å². The molecule has 29 heavy (non-hydrogen) atoms. The third kappa shape index (κ3) is 3.17. The fraction of sp³-hybridized carbons (Fsp3) is 0.318. The van der Waals surface area contributed by atoms with Crippen LogP contribution >= 0.6 is 0 Å². The van der Waals surface area contributed by atoms with Gasteiger partial charge in [-0.1, -0.05) is 6.07 Å². The summed E-state index contributed by atoms with van der Waals surface area (Å²) in [5.41, 5.74) is 4.95. The van der Waals surface area contributed by atoms with Gasteiger partial charge in [0.15, 0.2) is 11.5 Å². The highest BCUT2D eigenvalue weighted by Gasteiger charge is 2.27. The Morgan fingerprint density at radius 3 is 2.69 bits per heavy atom. The van der Waals surface area contributed by atoms with E-state index in [1.165, 1.54) is 0 Å². The van der Waals surface area contributed by atoms with Crippen LogP contribution in [0.2, 0.25) is 0 Å². The molecule has 4 aromatic rings. The number of nitrogens with one attached hydrogen (secondary N) is 1. The number of carbonyl (C=O) groups is 1. The van der Waals surface area contributed by atoms with Crippen molar-refractivity contribution in [1.82, 2.24) is 24.6 Å². The summed E-state index contributed by atoms with van der Waals surface area (Å²) in [6.45, 7) is 7.43. The molecule has 0 aliphatic carbocycles. The maximum Gasteiger partial charge on any atom is 0.272 e. The molecule has 1 aliphatic rings. The van der Waals surface area contributed by atoms with Crippen LogP contribution in [0.1, 0.15) is 30.2 Å². The van der Waals surface area contributed by atoms with Crippen LogP contribution in [0.3, 0.4) is 0 Å². The van der Waals surface area contributed by atoms with E-state index in [0.29, 0.717) is 24.7 Å². The Hall–Kier alpha value is -3.19. The van der Waals surface area contributed by atoms with Crippen molar-refractivity contribution in [2.75, 3.05) is 13.1 Å².